The van der Waals surface area contributed by atoms with Crippen molar-refractivity contribution in [3.63, 3.8) is 0 Å². The molecule has 1 aromatic heterocycles. The molecule has 0 bridgehead atoms. The van der Waals surface area contributed by atoms with Gasteiger partial charge < -0.3 is 10.0 Å². The van der Waals surface area contributed by atoms with Gasteiger partial charge in [-0.05, 0) is 37.1 Å². The first kappa shape index (κ1) is 15.7. The molecule has 4 nitrogen and oxygen atoms in total. The molecule has 122 valence electrons. The summed E-state index contributed by atoms with van der Waals surface area (Å²) in [6.07, 6.45) is -3.30. The lowest BCUT2D eigenvalue weighted by atomic mass is 10.1. The summed E-state index contributed by atoms with van der Waals surface area (Å²) in [5.41, 5.74) is 0.0794. The van der Waals surface area contributed by atoms with Gasteiger partial charge in [-0.1, -0.05) is 12.1 Å². The standard InChI is InChI=1S/C16H16F3N3O/c17-16(18,19)12-3-1-2-11(10-12)14-4-5-15(21-20-14)22-8-6-13(23)7-9-22/h1-5,10,13,23H,6-9H2. The summed E-state index contributed by atoms with van der Waals surface area (Å²) in [6, 6.07) is 8.46. The summed E-state index contributed by atoms with van der Waals surface area (Å²) in [6.45, 7) is 1.39. The zero-order chi connectivity index (χ0) is 16.4. The Morgan fingerprint density at radius 3 is 2.39 bits per heavy atom. The summed E-state index contributed by atoms with van der Waals surface area (Å²) in [4.78, 5) is 2.01. The lowest BCUT2D eigenvalue weighted by Crippen LogP contribution is -2.36. The number of nitrogens with zero attached hydrogens (tertiary/aromatic N) is 3. The average molecular weight is 323 g/mol. The molecule has 0 amide bonds. The highest BCUT2D eigenvalue weighted by Gasteiger charge is 2.30. The van der Waals surface area contributed by atoms with Crippen molar-refractivity contribution in [2.24, 2.45) is 0 Å². The van der Waals surface area contributed by atoms with Crippen molar-refractivity contribution in [2.75, 3.05) is 18.0 Å². The van der Waals surface area contributed by atoms with Crippen molar-refractivity contribution in [2.45, 2.75) is 25.1 Å². The second-order valence-corrected chi connectivity index (χ2v) is 5.57. The fourth-order valence-electron chi connectivity index (χ4n) is 2.60. The number of alkyl halides is 3. The average Bonchev–Trinajstić information content (AvgIpc) is 2.55. The van der Waals surface area contributed by atoms with E-state index in [4.69, 9.17) is 0 Å². The molecular formula is C16H16F3N3O. The maximum Gasteiger partial charge on any atom is 0.416 e. The highest BCUT2D eigenvalue weighted by molar-refractivity contribution is 5.61. The van der Waals surface area contributed by atoms with E-state index in [0.717, 1.165) is 12.1 Å². The third-order valence-electron chi connectivity index (χ3n) is 3.92. The summed E-state index contributed by atoms with van der Waals surface area (Å²) in [5.74, 6) is 0.674. The van der Waals surface area contributed by atoms with Gasteiger partial charge in [0, 0.05) is 18.7 Å². The molecule has 0 spiro atoms. The first-order valence-corrected chi connectivity index (χ1v) is 7.38. The number of aromatic nitrogens is 2. The minimum Gasteiger partial charge on any atom is -0.393 e. The number of rotatable bonds is 2. The number of anilines is 1. The van der Waals surface area contributed by atoms with Crippen LogP contribution in [0.4, 0.5) is 19.0 Å². The van der Waals surface area contributed by atoms with E-state index in [0.29, 0.717) is 43.0 Å². The molecule has 23 heavy (non-hydrogen) atoms. The van der Waals surface area contributed by atoms with Crippen LogP contribution in [0, 0.1) is 0 Å². The number of benzene rings is 1. The van der Waals surface area contributed by atoms with E-state index < -0.39 is 11.7 Å². The van der Waals surface area contributed by atoms with Crippen LogP contribution in [0.1, 0.15) is 18.4 Å². The Morgan fingerprint density at radius 1 is 1.04 bits per heavy atom. The number of hydrogen-bond donors (Lipinski definition) is 1. The van der Waals surface area contributed by atoms with E-state index in [1.807, 2.05) is 4.90 Å². The molecule has 1 aromatic carbocycles. The summed E-state index contributed by atoms with van der Waals surface area (Å²) in [5, 5.41) is 17.7. The van der Waals surface area contributed by atoms with Crippen LogP contribution in [-0.4, -0.2) is 34.5 Å². The molecule has 0 unspecified atom stereocenters. The number of aliphatic hydroxyl groups excluding tert-OH is 1. The summed E-state index contributed by atoms with van der Waals surface area (Å²) < 4.78 is 38.3. The molecule has 0 aliphatic carbocycles. The van der Waals surface area contributed by atoms with E-state index in [1.165, 1.54) is 6.07 Å². The minimum atomic E-state index is -4.38. The molecule has 0 atom stereocenters. The second-order valence-electron chi connectivity index (χ2n) is 5.57. The second kappa shape index (κ2) is 6.16. The molecule has 1 aliphatic heterocycles. The maximum absolute atomic E-state index is 12.8. The van der Waals surface area contributed by atoms with Crippen LogP contribution in [0.15, 0.2) is 36.4 Å². The first-order chi connectivity index (χ1) is 10.9. The molecule has 0 saturated carbocycles. The fraction of sp³-hybridized carbons (Fsp3) is 0.375. The van der Waals surface area contributed by atoms with E-state index in [-0.39, 0.29) is 6.10 Å². The molecule has 1 aliphatic rings. The van der Waals surface area contributed by atoms with Gasteiger partial charge >= 0.3 is 6.18 Å². The monoisotopic (exact) mass is 323 g/mol. The predicted molar refractivity (Wildman–Crippen MR) is 79.9 cm³/mol. The quantitative estimate of drug-likeness (QED) is 0.922. The van der Waals surface area contributed by atoms with Crippen molar-refractivity contribution in [1.29, 1.82) is 0 Å². The van der Waals surface area contributed by atoms with E-state index in [2.05, 4.69) is 10.2 Å². The summed E-state index contributed by atoms with van der Waals surface area (Å²) in [7, 11) is 0. The predicted octanol–water partition coefficient (Wildman–Crippen LogP) is 3.12. The van der Waals surface area contributed by atoms with Crippen molar-refractivity contribution < 1.29 is 18.3 Å². The Hall–Kier alpha value is -2.15. The van der Waals surface area contributed by atoms with Gasteiger partial charge in [-0.25, -0.2) is 0 Å². The topological polar surface area (TPSA) is 49.2 Å². The van der Waals surface area contributed by atoms with Crippen LogP contribution < -0.4 is 4.90 Å². The molecular weight excluding hydrogens is 307 g/mol. The number of aliphatic hydroxyl groups is 1. The van der Waals surface area contributed by atoms with E-state index >= 15 is 0 Å². The van der Waals surface area contributed by atoms with E-state index in [1.54, 1.807) is 18.2 Å². The van der Waals surface area contributed by atoms with Gasteiger partial charge in [0.1, 0.15) is 0 Å². The number of hydrogen-bond acceptors (Lipinski definition) is 4. The zero-order valence-corrected chi connectivity index (χ0v) is 12.3. The largest absolute Gasteiger partial charge is 0.416 e. The Kier molecular flexibility index (Phi) is 4.21. The van der Waals surface area contributed by atoms with Crippen LogP contribution in [0.5, 0.6) is 0 Å². The van der Waals surface area contributed by atoms with Crippen molar-refractivity contribution in [3.05, 3.63) is 42.0 Å². The van der Waals surface area contributed by atoms with Crippen molar-refractivity contribution >= 4 is 5.82 Å². The van der Waals surface area contributed by atoms with Crippen molar-refractivity contribution in [1.82, 2.24) is 10.2 Å². The number of halogens is 3. The zero-order valence-electron chi connectivity index (χ0n) is 12.3. The minimum absolute atomic E-state index is 0.274. The van der Waals surface area contributed by atoms with Gasteiger partial charge in [-0.3, -0.25) is 0 Å². The van der Waals surface area contributed by atoms with E-state index in [9.17, 15) is 18.3 Å². The van der Waals surface area contributed by atoms with Gasteiger partial charge in [0.2, 0.25) is 0 Å². The molecule has 2 heterocycles. The normalized spacial score (nSPS) is 16.6. The lowest BCUT2D eigenvalue weighted by Gasteiger charge is -2.30. The first-order valence-electron chi connectivity index (χ1n) is 7.38. The molecule has 1 saturated heterocycles. The smallest absolute Gasteiger partial charge is 0.393 e. The van der Waals surface area contributed by atoms with Gasteiger partial charge in [0.05, 0.1) is 17.4 Å². The molecule has 3 rings (SSSR count). The highest BCUT2D eigenvalue weighted by Crippen LogP contribution is 2.31. The van der Waals surface area contributed by atoms with Crippen LogP contribution >= 0.6 is 0 Å². The van der Waals surface area contributed by atoms with Crippen LogP contribution in [0.3, 0.4) is 0 Å². The Bertz CT molecular complexity index is 665. The van der Waals surface area contributed by atoms with Gasteiger partial charge in [-0.2, -0.15) is 13.2 Å². The van der Waals surface area contributed by atoms with Crippen LogP contribution in [0.25, 0.3) is 11.3 Å². The van der Waals surface area contributed by atoms with Crippen LogP contribution in [-0.2, 0) is 6.18 Å². The van der Waals surface area contributed by atoms with Crippen molar-refractivity contribution in [3.8, 4) is 11.3 Å². The fourth-order valence-corrected chi connectivity index (χ4v) is 2.60. The molecule has 7 heteroatoms. The molecule has 2 aromatic rings. The van der Waals surface area contributed by atoms with Gasteiger partial charge in [0.15, 0.2) is 5.82 Å². The SMILES string of the molecule is OC1CCN(c2ccc(-c3cccc(C(F)(F)F)c3)nn2)CC1. The third-order valence-corrected chi connectivity index (χ3v) is 3.92. The highest BCUT2D eigenvalue weighted by atomic mass is 19.4. The Morgan fingerprint density at radius 2 is 1.78 bits per heavy atom. The van der Waals surface area contributed by atoms with Gasteiger partial charge in [0.25, 0.3) is 0 Å². The lowest BCUT2D eigenvalue weighted by molar-refractivity contribution is -0.137. The third kappa shape index (κ3) is 3.61. The number of piperidine rings is 1. The molecule has 0 radical (unpaired) electrons. The Labute approximate surface area is 131 Å². The molecule has 1 N–H and O–H groups in total. The summed E-state index contributed by atoms with van der Waals surface area (Å²) >= 11 is 0. The Balaban J connectivity index is 1.80. The maximum atomic E-state index is 12.8. The van der Waals surface area contributed by atoms with Crippen LogP contribution in [0.2, 0.25) is 0 Å². The molecule has 1 fully saturated rings. The van der Waals surface area contributed by atoms with Gasteiger partial charge in [-0.15, -0.1) is 10.2 Å².